The van der Waals surface area contributed by atoms with Crippen LogP contribution in [0.2, 0.25) is 0 Å². The summed E-state index contributed by atoms with van der Waals surface area (Å²) in [5.41, 5.74) is 3.82. The van der Waals surface area contributed by atoms with Gasteiger partial charge < -0.3 is 4.90 Å². The van der Waals surface area contributed by atoms with Crippen molar-refractivity contribution in [3.63, 3.8) is 0 Å². The van der Waals surface area contributed by atoms with Gasteiger partial charge in [0.15, 0.2) is 19.7 Å². The van der Waals surface area contributed by atoms with Crippen LogP contribution in [0.15, 0.2) is 41.3 Å². The molecular formula is C23H29FN2O4S2. The number of rotatable bonds is 4. The Bertz CT molecular complexity index is 1240. The molecule has 0 N–H and O–H groups in total. The van der Waals surface area contributed by atoms with E-state index >= 15 is 0 Å². The maximum Gasteiger partial charge on any atom is 0.183 e. The van der Waals surface area contributed by atoms with Crippen LogP contribution in [0, 0.1) is 26.6 Å². The van der Waals surface area contributed by atoms with Crippen molar-refractivity contribution in [3.8, 4) is 0 Å². The van der Waals surface area contributed by atoms with Gasteiger partial charge in [-0.2, -0.15) is 0 Å². The Morgan fingerprint density at radius 3 is 2.28 bits per heavy atom. The second kappa shape index (κ2) is 8.43. The van der Waals surface area contributed by atoms with Crippen LogP contribution in [0.5, 0.6) is 0 Å². The van der Waals surface area contributed by atoms with E-state index in [1.165, 1.54) is 30.2 Å². The van der Waals surface area contributed by atoms with Crippen LogP contribution in [-0.2, 0) is 19.7 Å². The summed E-state index contributed by atoms with van der Waals surface area (Å²) >= 11 is 0. The van der Waals surface area contributed by atoms with E-state index in [1.54, 1.807) is 0 Å². The predicted molar refractivity (Wildman–Crippen MR) is 124 cm³/mol. The van der Waals surface area contributed by atoms with E-state index in [9.17, 15) is 21.2 Å². The third-order valence-corrected chi connectivity index (χ3v) is 10.9. The lowest BCUT2D eigenvalue weighted by molar-refractivity contribution is 0.201. The van der Waals surface area contributed by atoms with Crippen LogP contribution in [-0.4, -0.2) is 70.7 Å². The van der Waals surface area contributed by atoms with Crippen molar-refractivity contribution in [1.82, 2.24) is 4.90 Å². The van der Waals surface area contributed by atoms with Gasteiger partial charge in [0.25, 0.3) is 0 Å². The van der Waals surface area contributed by atoms with Crippen LogP contribution in [0.4, 0.5) is 10.1 Å². The molecule has 2 heterocycles. The Balaban J connectivity index is 1.57. The van der Waals surface area contributed by atoms with Crippen molar-refractivity contribution >= 4 is 25.4 Å². The molecule has 2 unspecified atom stereocenters. The average molecular weight is 481 g/mol. The van der Waals surface area contributed by atoms with Crippen LogP contribution in [0.1, 0.15) is 16.7 Å². The zero-order valence-corrected chi connectivity index (χ0v) is 20.2. The summed E-state index contributed by atoms with van der Waals surface area (Å²) in [7, 11) is -7.42. The first-order valence-electron chi connectivity index (χ1n) is 10.8. The van der Waals surface area contributed by atoms with Gasteiger partial charge in [0.1, 0.15) is 5.82 Å². The summed E-state index contributed by atoms with van der Waals surface area (Å²) in [6, 6.07) is 9.25. The SMILES string of the molecule is Cc1cc(S(=O)(=O)C2CS(=O)(=O)CC2N2CCN(c3cccc(C)c3C)CC2)ccc1F. The standard InChI is InChI=1S/C23H29FN2O4S2/c1-16-5-4-6-21(18(16)3)25-9-11-26(12-10-25)22-14-31(27,28)15-23(22)32(29,30)19-7-8-20(24)17(2)13-19/h4-8,13,22-23H,9-12,14-15H2,1-3H3. The molecular weight excluding hydrogens is 451 g/mol. The summed E-state index contributed by atoms with van der Waals surface area (Å²) < 4.78 is 65.4. The topological polar surface area (TPSA) is 74.8 Å². The maximum absolute atomic E-state index is 13.7. The van der Waals surface area contributed by atoms with Crippen molar-refractivity contribution < 1.29 is 21.2 Å². The number of benzene rings is 2. The number of hydrogen-bond donors (Lipinski definition) is 0. The van der Waals surface area contributed by atoms with Crippen molar-refractivity contribution in [2.24, 2.45) is 0 Å². The van der Waals surface area contributed by atoms with Gasteiger partial charge >= 0.3 is 0 Å². The molecule has 0 saturated carbocycles. The Kier molecular flexibility index (Phi) is 6.11. The minimum atomic E-state index is -3.93. The average Bonchev–Trinajstić information content (AvgIpc) is 3.08. The Morgan fingerprint density at radius 2 is 1.62 bits per heavy atom. The number of sulfone groups is 2. The summed E-state index contributed by atoms with van der Waals surface area (Å²) in [6.45, 7) is 8.24. The lowest BCUT2D eigenvalue weighted by atomic mass is 10.1. The normalized spacial score (nSPS) is 24.1. The first kappa shape index (κ1) is 23.2. The number of anilines is 1. The van der Waals surface area contributed by atoms with Gasteiger partial charge in [0.05, 0.1) is 21.7 Å². The van der Waals surface area contributed by atoms with Crippen molar-refractivity contribution in [2.45, 2.75) is 37.0 Å². The van der Waals surface area contributed by atoms with Crippen molar-refractivity contribution in [1.29, 1.82) is 0 Å². The lowest BCUT2D eigenvalue weighted by Crippen LogP contribution is -2.55. The highest BCUT2D eigenvalue weighted by molar-refractivity contribution is 7.96. The Hall–Kier alpha value is -1.97. The van der Waals surface area contributed by atoms with Gasteiger partial charge in [0.2, 0.25) is 0 Å². The van der Waals surface area contributed by atoms with Gasteiger partial charge in [-0.05, 0) is 61.7 Å². The monoisotopic (exact) mass is 480 g/mol. The van der Waals surface area contributed by atoms with Crippen LogP contribution in [0.25, 0.3) is 0 Å². The molecule has 174 valence electrons. The maximum atomic E-state index is 13.7. The quantitative estimate of drug-likeness (QED) is 0.626. The molecule has 2 saturated heterocycles. The molecule has 2 atom stereocenters. The molecule has 9 heteroatoms. The largest absolute Gasteiger partial charge is 0.369 e. The summed E-state index contributed by atoms with van der Waals surface area (Å²) in [5.74, 6) is -1.05. The molecule has 2 fully saturated rings. The summed E-state index contributed by atoms with van der Waals surface area (Å²) in [6.07, 6.45) is 0. The van der Waals surface area contributed by atoms with E-state index in [2.05, 4.69) is 30.9 Å². The van der Waals surface area contributed by atoms with Crippen LogP contribution in [0.3, 0.4) is 0 Å². The molecule has 6 nitrogen and oxygen atoms in total. The minimum absolute atomic E-state index is 0.0162. The van der Waals surface area contributed by atoms with Crippen molar-refractivity contribution in [3.05, 3.63) is 58.9 Å². The summed E-state index contributed by atoms with van der Waals surface area (Å²) in [4.78, 5) is 4.26. The van der Waals surface area contributed by atoms with Gasteiger partial charge in [0, 0.05) is 37.9 Å². The smallest absolute Gasteiger partial charge is 0.183 e. The molecule has 0 radical (unpaired) electrons. The number of hydrogen-bond acceptors (Lipinski definition) is 6. The van der Waals surface area contributed by atoms with Crippen molar-refractivity contribution in [2.75, 3.05) is 42.6 Å². The van der Waals surface area contributed by atoms with Gasteiger partial charge in [-0.1, -0.05) is 12.1 Å². The molecule has 2 aromatic carbocycles. The highest BCUT2D eigenvalue weighted by atomic mass is 32.2. The molecule has 2 aromatic rings. The molecule has 2 aliphatic rings. The molecule has 4 rings (SSSR count). The molecule has 32 heavy (non-hydrogen) atoms. The van der Waals surface area contributed by atoms with E-state index in [4.69, 9.17) is 0 Å². The number of nitrogens with zero attached hydrogens (tertiary/aromatic N) is 2. The fraction of sp³-hybridized carbons (Fsp3) is 0.478. The molecule has 0 bridgehead atoms. The third-order valence-electron chi connectivity index (χ3n) is 6.83. The van der Waals surface area contributed by atoms with Gasteiger partial charge in [-0.15, -0.1) is 0 Å². The van der Waals surface area contributed by atoms with Crippen LogP contribution < -0.4 is 4.90 Å². The van der Waals surface area contributed by atoms with E-state index in [0.29, 0.717) is 26.2 Å². The first-order chi connectivity index (χ1) is 15.0. The van der Waals surface area contributed by atoms with Gasteiger partial charge in [-0.25, -0.2) is 21.2 Å². The number of piperazine rings is 1. The fourth-order valence-corrected chi connectivity index (χ4v) is 9.69. The first-order valence-corrected chi connectivity index (χ1v) is 14.1. The molecule has 0 amide bonds. The zero-order chi connectivity index (χ0) is 23.3. The fourth-order valence-electron chi connectivity index (χ4n) is 4.78. The number of aryl methyl sites for hydroxylation is 2. The molecule has 0 aliphatic carbocycles. The Morgan fingerprint density at radius 1 is 0.938 bits per heavy atom. The van der Waals surface area contributed by atoms with Gasteiger partial charge in [-0.3, -0.25) is 4.90 Å². The minimum Gasteiger partial charge on any atom is -0.369 e. The zero-order valence-electron chi connectivity index (χ0n) is 18.6. The summed E-state index contributed by atoms with van der Waals surface area (Å²) in [5, 5.41) is -1.05. The third kappa shape index (κ3) is 4.30. The predicted octanol–water partition coefficient (Wildman–Crippen LogP) is 2.51. The Labute approximate surface area is 189 Å². The number of halogens is 1. The van der Waals surface area contributed by atoms with Crippen LogP contribution >= 0.6 is 0 Å². The molecule has 0 spiro atoms. The highest BCUT2D eigenvalue weighted by Gasteiger charge is 2.48. The van der Waals surface area contributed by atoms with E-state index in [0.717, 1.165) is 11.8 Å². The van der Waals surface area contributed by atoms with E-state index in [1.807, 2.05) is 11.0 Å². The van der Waals surface area contributed by atoms with E-state index < -0.39 is 42.5 Å². The van der Waals surface area contributed by atoms with E-state index in [-0.39, 0.29) is 16.2 Å². The lowest BCUT2D eigenvalue weighted by Gasteiger charge is -2.40. The highest BCUT2D eigenvalue weighted by Crippen LogP contribution is 2.31. The molecule has 0 aromatic heterocycles. The second-order valence-electron chi connectivity index (χ2n) is 8.88. The second-order valence-corrected chi connectivity index (χ2v) is 13.2. The molecule has 2 aliphatic heterocycles.